The summed E-state index contributed by atoms with van der Waals surface area (Å²) in [5.74, 6) is 0. The summed E-state index contributed by atoms with van der Waals surface area (Å²) in [4.78, 5) is 0. The van der Waals surface area contributed by atoms with Crippen molar-refractivity contribution in [2.45, 2.75) is 63.5 Å². The minimum Gasteiger partial charge on any atom is -0.383 e. The van der Waals surface area contributed by atoms with Crippen LogP contribution in [0.5, 0.6) is 0 Å². The van der Waals surface area contributed by atoms with E-state index in [4.69, 9.17) is 9.47 Å². The van der Waals surface area contributed by atoms with Crippen LogP contribution < -0.4 is 5.32 Å². The molecule has 1 saturated carbocycles. The smallest absolute Gasteiger partial charge is 0.0853 e. The number of nitrogens with one attached hydrogen (secondary N) is 1. The van der Waals surface area contributed by atoms with Gasteiger partial charge in [-0.25, -0.2) is 0 Å². The molecule has 1 rings (SSSR count). The molecule has 1 aliphatic rings. The van der Waals surface area contributed by atoms with Gasteiger partial charge in [-0.2, -0.15) is 0 Å². The Morgan fingerprint density at radius 1 is 1.12 bits per heavy atom. The zero-order valence-corrected chi connectivity index (χ0v) is 11.8. The lowest BCUT2D eigenvalue weighted by Gasteiger charge is -2.39. The Morgan fingerprint density at radius 2 is 1.76 bits per heavy atom. The zero-order chi connectivity index (χ0) is 12.6. The predicted octanol–water partition coefficient (Wildman–Crippen LogP) is 2.74. The van der Waals surface area contributed by atoms with Gasteiger partial charge in [-0.3, -0.25) is 0 Å². The van der Waals surface area contributed by atoms with Gasteiger partial charge in [0, 0.05) is 14.2 Å². The molecule has 0 amide bonds. The molecule has 0 aromatic carbocycles. The van der Waals surface area contributed by atoms with Crippen molar-refractivity contribution in [2.24, 2.45) is 0 Å². The lowest BCUT2D eigenvalue weighted by atomic mass is 9.86. The third-order valence-corrected chi connectivity index (χ3v) is 3.97. The second kappa shape index (κ2) is 8.06. The summed E-state index contributed by atoms with van der Waals surface area (Å²) in [6.45, 7) is 3.98. The first kappa shape index (κ1) is 14.9. The molecular formula is C14H29NO2. The minimum atomic E-state index is -0.0122. The van der Waals surface area contributed by atoms with Gasteiger partial charge in [0.15, 0.2) is 0 Å². The van der Waals surface area contributed by atoms with E-state index in [1.54, 1.807) is 7.11 Å². The Kier molecular flexibility index (Phi) is 7.09. The van der Waals surface area contributed by atoms with Crippen LogP contribution in [0, 0.1) is 0 Å². The van der Waals surface area contributed by atoms with Crippen LogP contribution >= 0.6 is 0 Å². The van der Waals surface area contributed by atoms with Crippen LogP contribution in [-0.4, -0.2) is 39.0 Å². The molecule has 0 aromatic rings. The SMILES string of the molecule is CCCNC(COC)C1(OC)CCCCCC1. The standard InChI is InChI=1S/C14H29NO2/c1-4-11-15-13(12-16-2)14(17-3)9-7-5-6-8-10-14/h13,15H,4-12H2,1-3H3. The maximum absolute atomic E-state index is 5.93. The summed E-state index contributed by atoms with van der Waals surface area (Å²) in [6.07, 6.45) is 8.73. The van der Waals surface area contributed by atoms with Gasteiger partial charge in [-0.05, 0) is 25.8 Å². The van der Waals surface area contributed by atoms with Gasteiger partial charge in [0.1, 0.15) is 0 Å². The van der Waals surface area contributed by atoms with E-state index in [2.05, 4.69) is 12.2 Å². The first-order valence-electron chi connectivity index (χ1n) is 7.06. The normalized spacial score (nSPS) is 22.1. The van der Waals surface area contributed by atoms with E-state index in [-0.39, 0.29) is 5.60 Å². The van der Waals surface area contributed by atoms with E-state index in [1.165, 1.54) is 25.7 Å². The number of hydrogen-bond donors (Lipinski definition) is 1. The second-order valence-electron chi connectivity index (χ2n) is 5.15. The van der Waals surface area contributed by atoms with E-state index in [9.17, 15) is 0 Å². The maximum Gasteiger partial charge on any atom is 0.0853 e. The summed E-state index contributed by atoms with van der Waals surface area (Å²) in [7, 11) is 3.64. The highest BCUT2D eigenvalue weighted by molar-refractivity contribution is 4.94. The maximum atomic E-state index is 5.93. The predicted molar refractivity (Wildman–Crippen MR) is 71.4 cm³/mol. The molecule has 102 valence electrons. The van der Waals surface area contributed by atoms with Crippen LogP contribution in [0.1, 0.15) is 51.9 Å². The van der Waals surface area contributed by atoms with E-state index in [0.29, 0.717) is 6.04 Å². The lowest BCUT2D eigenvalue weighted by molar-refractivity contribution is -0.0694. The summed E-state index contributed by atoms with van der Waals surface area (Å²) in [5, 5.41) is 3.61. The number of methoxy groups -OCH3 is 2. The van der Waals surface area contributed by atoms with Crippen molar-refractivity contribution in [3.63, 3.8) is 0 Å². The number of ether oxygens (including phenoxy) is 2. The van der Waals surface area contributed by atoms with Crippen LogP contribution in [-0.2, 0) is 9.47 Å². The first-order valence-corrected chi connectivity index (χ1v) is 7.06. The van der Waals surface area contributed by atoms with Gasteiger partial charge in [-0.15, -0.1) is 0 Å². The van der Waals surface area contributed by atoms with E-state index in [0.717, 1.165) is 32.4 Å². The topological polar surface area (TPSA) is 30.5 Å². The number of hydrogen-bond acceptors (Lipinski definition) is 3. The van der Waals surface area contributed by atoms with Crippen LogP contribution in [0.2, 0.25) is 0 Å². The van der Waals surface area contributed by atoms with Crippen molar-refractivity contribution in [3.05, 3.63) is 0 Å². The van der Waals surface area contributed by atoms with Gasteiger partial charge < -0.3 is 14.8 Å². The van der Waals surface area contributed by atoms with E-state index in [1.807, 2.05) is 7.11 Å². The zero-order valence-electron chi connectivity index (χ0n) is 11.8. The average Bonchev–Trinajstić information content (AvgIpc) is 2.60. The van der Waals surface area contributed by atoms with Crippen LogP contribution in [0.15, 0.2) is 0 Å². The Labute approximate surface area is 106 Å². The van der Waals surface area contributed by atoms with E-state index >= 15 is 0 Å². The van der Waals surface area contributed by atoms with Gasteiger partial charge in [0.05, 0.1) is 18.2 Å². The van der Waals surface area contributed by atoms with Crippen molar-refractivity contribution < 1.29 is 9.47 Å². The fourth-order valence-corrected chi connectivity index (χ4v) is 2.90. The van der Waals surface area contributed by atoms with E-state index < -0.39 is 0 Å². The Bertz CT molecular complexity index is 189. The van der Waals surface area contributed by atoms with Crippen molar-refractivity contribution >= 4 is 0 Å². The average molecular weight is 243 g/mol. The molecule has 0 radical (unpaired) electrons. The Hall–Kier alpha value is -0.120. The van der Waals surface area contributed by atoms with Crippen molar-refractivity contribution in [1.82, 2.24) is 5.32 Å². The first-order chi connectivity index (χ1) is 8.29. The summed E-state index contributed by atoms with van der Waals surface area (Å²) < 4.78 is 11.3. The molecule has 0 saturated heterocycles. The molecule has 3 heteroatoms. The highest BCUT2D eigenvalue weighted by Crippen LogP contribution is 2.33. The molecule has 1 atom stereocenters. The molecule has 1 aliphatic carbocycles. The van der Waals surface area contributed by atoms with Gasteiger partial charge in [0.2, 0.25) is 0 Å². The molecule has 0 bridgehead atoms. The van der Waals surface area contributed by atoms with Gasteiger partial charge >= 0.3 is 0 Å². The second-order valence-corrected chi connectivity index (χ2v) is 5.15. The monoisotopic (exact) mass is 243 g/mol. The molecule has 1 unspecified atom stereocenters. The van der Waals surface area contributed by atoms with Crippen molar-refractivity contribution in [1.29, 1.82) is 0 Å². The fraction of sp³-hybridized carbons (Fsp3) is 1.00. The molecular weight excluding hydrogens is 214 g/mol. The quantitative estimate of drug-likeness (QED) is 0.697. The highest BCUT2D eigenvalue weighted by Gasteiger charge is 2.38. The molecule has 1 N–H and O–H groups in total. The fourth-order valence-electron chi connectivity index (χ4n) is 2.90. The van der Waals surface area contributed by atoms with Gasteiger partial charge in [0.25, 0.3) is 0 Å². The molecule has 0 aliphatic heterocycles. The Balaban J connectivity index is 2.68. The molecule has 1 fully saturated rings. The van der Waals surface area contributed by atoms with Crippen LogP contribution in [0.25, 0.3) is 0 Å². The third kappa shape index (κ3) is 4.23. The summed E-state index contributed by atoms with van der Waals surface area (Å²) >= 11 is 0. The number of rotatable bonds is 7. The lowest BCUT2D eigenvalue weighted by Crippen LogP contribution is -2.54. The Morgan fingerprint density at radius 3 is 2.24 bits per heavy atom. The van der Waals surface area contributed by atoms with Crippen LogP contribution in [0.3, 0.4) is 0 Å². The summed E-state index contributed by atoms with van der Waals surface area (Å²) in [6, 6.07) is 0.329. The molecule has 17 heavy (non-hydrogen) atoms. The highest BCUT2D eigenvalue weighted by atomic mass is 16.5. The molecule has 0 aromatic heterocycles. The largest absolute Gasteiger partial charge is 0.383 e. The van der Waals surface area contributed by atoms with Crippen LogP contribution in [0.4, 0.5) is 0 Å². The third-order valence-electron chi connectivity index (χ3n) is 3.97. The van der Waals surface area contributed by atoms with Gasteiger partial charge in [-0.1, -0.05) is 32.6 Å². The molecule has 3 nitrogen and oxygen atoms in total. The molecule has 0 spiro atoms. The summed E-state index contributed by atoms with van der Waals surface area (Å²) in [5.41, 5.74) is -0.0122. The van der Waals surface area contributed by atoms with Crippen molar-refractivity contribution in [2.75, 3.05) is 27.4 Å². The van der Waals surface area contributed by atoms with Crippen molar-refractivity contribution in [3.8, 4) is 0 Å². The minimum absolute atomic E-state index is 0.0122. The molecule has 0 heterocycles.